The second kappa shape index (κ2) is 6.77. The number of carbonyl (C=O) groups is 1. The first kappa shape index (κ1) is 14.9. The average Bonchev–Trinajstić information content (AvgIpc) is 2.41. The molecule has 0 aliphatic heterocycles. The van der Waals surface area contributed by atoms with Gasteiger partial charge < -0.3 is 10.6 Å². The van der Waals surface area contributed by atoms with Crippen molar-refractivity contribution < 1.29 is 4.79 Å². The number of nitrogens with one attached hydrogen (secondary N) is 2. The molecule has 5 heteroatoms. The van der Waals surface area contributed by atoms with Gasteiger partial charge in [0.15, 0.2) is 0 Å². The van der Waals surface area contributed by atoms with Crippen LogP contribution in [0.1, 0.15) is 5.56 Å². The number of anilines is 2. The number of amides is 1. The SMILES string of the molecule is Cc1ccc(NC(=O)CNc2cccc(Cl)c2)cc1Br. The monoisotopic (exact) mass is 352 g/mol. The van der Waals surface area contributed by atoms with Crippen molar-refractivity contribution in [2.75, 3.05) is 17.2 Å². The smallest absolute Gasteiger partial charge is 0.243 e. The van der Waals surface area contributed by atoms with Crippen molar-refractivity contribution >= 4 is 44.8 Å². The van der Waals surface area contributed by atoms with Crippen LogP contribution in [0.3, 0.4) is 0 Å². The number of hydrogen-bond donors (Lipinski definition) is 2. The van der Waals surface area contributed by atoms with E-state index in [2.05, 4.69) is 26.6 Å². The summed E-state index contributed by atoms with van der Waals surface area (Å²) in [7, 11) is 0. The van der Waals surface area contributed by atoms with E-state index < -0.39 is 0 Å². The fourth-order valence-corrected chi connectivity index (χ4v) is 2.23. The minimum Gasteiger partial charge on any atom is -0.376 e. The second-order valence-electron chi connectivity index (χ2n) is 4.38. The molecule has 2 aromatic carbocycles. The minimum atomic E-state index is -0.110. The first-order valence-corrected chi connectivity index (χ1v) is 7.27. The molecule has 0 atom stereocenters. The quantitative estimate of drug-likeness (QED) is 0.852. The molecule has 2 aromatic rings. The maximum atomic E-state index is 11.8. The highest BCUT2D eigenvalue weighted by molar-refractivity contribution is 9.10. The van der Waals surface area contributed by atoms with Crippen LogP contribution in [0.2, 0.25) is 5.02 Å². The zero-order valence-corrected chi connectivity index (χ0v) is 13.3. The third-order valence-corrected chi connectivity index (χ3v) is 3.82. The highest BCUT2D eigenvalue weighted by Crippen LogP contribution is 2.20. The Hall–Kier alpha value is -1.52. The van der Waals surface area contributed by atoms with Gasteiger partial charge in [-0.15, -0.1) is 0 Å². The first-order chi connectivity index (χ1) is 9.54. The van der Waals surface area contributed by atoms with Gasteiger partial charge >= 0.3 is 0 Å². The maximum Gasteiger partial charge on any atom is 0.243 e. The van der Waals surface area contributed by atoms with Crippen LogP contribution in [0.4, 0.5) is 11.4 Å². The lowest BCUT2D eigenvalue weighted by Crippen LogP contribution is -2.21. The molecule has 0 saturated heterocycles. The van der Waals surface area contributed by atoms with Crippen molar-refractivity contribution in [2.45, 2.75) is 6.92 Å². The highest BCUT2D eigenvalue weighted by Gasteiger charge is 2.04. The Kier molecular flexibility index (Phi) is 5.04. The average molecular weight is 354 g/mol. The van der Waals surface area contributed by atoms with Gasteiger partial charge in [0.1, 0.15) is 0 Å². The van der Waals surface area contributed by atoms with Gasteiger partial charge in [0.05, 0.1) is 6.54 Å². The van der Waals surface area contributed by atoms with Crippen LogP contribution in [0.15, 0.2) is 46.9 Å². The summed E-state index contributed by atoms with van der Waals surface area (Å²) >= 11 is 9.31. The Balaban J connectivity index is 1.91. The second-order valence-corrected chi connectivity index (χ2v) is 5.67. The molecule has 20 heavy (non-hydrogen) atoms. The van der Waals surface area contributed by atoms with E-state index in [0.29, 0.717) is 5.02 Å². The third-order valence-electron chi connectivity index (χ3n) is 2.73. The van der Waals surface area contributed by atoms with Gasteiger partial charge in [-0.2, -0.15) is 0 Å². The van der Waals surface area contributed by atoms with E-state index in [1.807, 2.05) is 37.3 Å². The normalized spacial score (nSPS) is 10.2. The first-order valence-electron chi connectivity index (χ1n) is 6.10. The van der Waals surface area contributed by atoms with E-state index in [1.54, 1.807) is 12.1 Å². The van der Waals surface area contributed by atoms with Crippen LogP contribution < -0.4 is 10.6 Å². The van der Waals surface area contributed by atoms with E-state index in [1.165, 1.54) is 0 Å². The standard InChI is InChI=1S/C15H14BrClN2O/c1-10-5-6-13(8-14(10)16)19-15(20)9-18-12-4-2-3-11(17)7-12/h2-8,18H,9H2,1H3,(H,19,20). The van der Waals surface area contributed by atoms with Crippen molar-refractivity contribution in [3.63, 3.8) is 0 Å². The molecule has 0 bridgehead atoms. The van der Waals surface area contributed by atoms with Crippen molar-refractivity contribution in [1.29, 1.82) is 0 Å². The van der Waals surface area contributed by atoms with Crippen LogP contribution in [-0.4, -0.2) is 12.5 Å². The van der Waals surface area contributed by atoms with Crippen LogP contribution in [-0.2, 0) is 4.79 Å². The number of aryl methyl sites for hydroxylation is 1. The molecular formula is C15H14BrClN2O. The molecule has 0 saturated carbocycles. The highest BCUT2D eigenvalue weighted by atomic mass is 79.9. The summed E-state index contributed by atoms with van der Waals surface area (Å²) in [6, 6.07) is 13.0. The molecule has 2 N–H and O–H groups in total. The predicted octanol–water partition coefficient (Wildman–Crippen LogP) is 4.46. The van der Waals surface area contributed by atoms with E-state index in [-0.39, 0.29) is 12.5 Å². The predicted molar refractivity (Wildman–Crippen MR) is 87.5 cm³/mol. The number of rotatable bonds is 4. The zero-order valence-electron chi connectivity index (χ0n) is 10.9. The molecule has 0 radical (unpaired) electrons. The number of hydrogen-bond acceptors (Lipinski definition) is 2. The van der Waals surface area contributed by atoms with Gasteiger partial charge in [0.2, 0.25) is 5.91 Å². The van der Waals surface area contributed by atoms with Crippen molar-refractivity contribution in [3.05, 3.63) is 57.5 Å². The molecule has 0 aliphatic carbocycles. The molecule has 104 valence electrons. The topological polar surface area (TPSA) is 41.1 Å². The molecule has 0 unspecified atom stereocenters. The van der Waals surface area contributed by atoms with Gasteiger partial charge in [-0.05, 0) is 42.8 Å². The summed E-state index contributed by atoms with van der Waals surface area (Å²) in [5.74, 6) is -0.110. The summed E-state index contributed by atoms with van der Waals surface area (Å²) in [6.45, 7) is 2.18. The Bertz CT molecular complexity index is 631. The minimum absolute atomic E-state index is 0.110. The Morgan fingerprint density at radius 1 is 1.20 bits per heavy atom. The molecule has 1 amide bonds. The number of benzene rings is 2. The largest absolute Gasteiger partial charge is 0.376 e. The van der Waals surface area contributed by atoms with Crippen LogP contribution in [0, 0.1) is 6.92 Å². The van der Waals surface area contributed by atoms with Gasteiger partial charge in [-0.1, -0.05) is 39.7 Å². The van der Waals surface area contributed by atoms with Gasteiger partial charge in [-0.3, -0.25) is 4.79 Å². The number of halogens is 2. The lowest BCUT2D eigenvalue weighted by atomic mass is 10.2. The summed E-state index contributed by atoms with van der Waals surface area (Å²) in [4.78, 5) is 11.8. The van der Waals surface area contributed by atoms with Crippen LogP contribution in [0.5, 0.6) is 0 Å². The third kappa shape index (κ3) is 4.25. The van der Waals surface area contributed by atoms with Crippen LogP contribution >= 0.6 is 27.5 Å². The van der Waals surface area contributed by atoms with Gasteiger partial charge in [0.25, 0.3) is 0 Å². The molecule has 0 fully saturated rings. The van der Waals surface area contributed by atoms with E-state index in [9.17, 15) is 4.79 Å². The van der Waals surface area contributed by atoms with Gasteiger partial charge in [-0.25, -0.2) is 0 Å². The lowest BCUT2D eigenvalue weighted by molar-refractivity contribution is -0.114. The molecular weight excluding hydrogens is 340 g/mol. The van der Waals surface area contributed by atoms with Gasteiger partial charge in [0, 0.05) is 20.9 Å². The Morgan fingerprint density at radius 2 is 2.00 bits per heavy atom. The molecule has 0 aliphatic rings. The van der Waals surface area contributed by atoms with Crippen molar-refractivity contribution in [3.8, 4) is 0 Å². The number of carbonyl (C=O) groups excluding carboxylic acids is 1. The molecule has 2 rings (SSSR count). The molecule has 0 aromatic heterocycles. The Morgan fingerprint density at radius 3 is 2.70 bits per heavy atom. The maximum absolute atomic E-state index is 11.8. The molecule has 3 nitrogen and oxygen atoms in total. The summed E-state index contributed by atoms with van der Waals surface area (Å²) in [6.07, 6.45) is 0. The molecule has 0 heterocycles. The fraction of sp³-hybridized carbons (Fsp3) is 0.133. The van der Waals surface area contributed by atoms with Crippen molar-refractivity contribution in [2.24, 2.45) is 0 Å². The summed E-state index contributed by atoms with van der Waals surface area (Å²) < 4.78 is 0.970. The molecule has 0 spiro atoms. The van der Waals surface area contributed by atoms with Crippen LogP contribution in [0.25, 0.3) is 0 Å². The van der Waals surface area contributed by atoms with E-state index >= 15 is 0 Å². The zero-order chi connectivity index (χ0) is 14.5. The Labute approximate surface area is 131 Å². The fourth-order valence-electron chi connectivity index (χ4n) is 1.66. The van der Waals surface area contributed by atoms with E-state index in [4.69, 9.17) is 11.6 Å². The summed E-state index contributed by atoms with van der Waals surface area (Å²) in [5.41, 5.74) is 2.71. The lowest BCUT2D eigenvalue weighted by Gasteiger charge is -2.09. The van der Waals surface area contributed by atoms with Crippen molar-refractivity contribution in [1.82, 2.24) is 0 Å². The summed E-state index contributed by atoms with van der Waals surface area (Å²) in [5, 5.41) is 6.49. The van der Waals surface area contributed by atoms with E-state index in [0.717, 1.165) is 21.4 Å².